The van der Waals surface area contributed by atoms with Crippen molar-refractivity contribution >= 4 is 11.0 Å². The Morgan fingerprint density at radius 2 is 1.67 bits per heavy atom. The van der Waals surface area contributed by atoms with Gasteiger partial charge in [-0.1, -0.05) is 6.07 Å². The number of hydrogen-bond donors (Lipinski definition) is 3. The van der Waals surface area contributed by atoms with Crippen molar-refractivity contribution in [1.82, 2.24) is 0 Å². The molecule has 0 saturated heterocycles. The Morgan fingerprint density at radius 1 is 0.926 bits per heavy atom. The predicted molar refractivity (Wildman–Crippen MR) is 101 cm³/mol. The van der Waals surface area contributed by atoms with Gasteiger partial charge in [0, 0.05) is 28.6 Å². The molecule has 2 aromatic carbocycles. The first-order valence-electron chi connectivity index (χ1n) is 8.19. The van der Waals surface area contributed by atoms with Gasteiger partial charge in [0.25, 0.3) is 0 Å². The van der Waals surface area contributed by atoms with E-state index in [-0.39, 0.29) is 17.3 Å². The van der Waals surface area contributed by atoms with E-state index in [2.05, 4.69) is 0 Å². The van der Waals surface area contributed by atoms with E-state index in [1.165, 1.54) is 24.3 Å². The van der Waals surface area contributed by atoms with Crippen molar-refractivity contribution in [2.75, 3.05) is 7.11 Å². The molecule has 1 aliphatic heterocycles. The monoisotopic (exact) mass is 364 g/mol. The van der Waals surface area contributed by atoms with Crippen LogP contribution in [0.1, 0.15) is 5.56 Å². The molecule has 0 spiro atoms. The van der Waals surface area contributed by atoms with Gasteiger partial charge in [-0.15, -0.1) is 0 Å². The Balaban J connectivity index is 2.18. The number of rotatable bonds is 2. The predicted octanol–water partition coefficient (Wildman–Crippen LogP) is 4.00. The maximum absolute atomic E-state index is 11.9. The number of aryl methyl sites for hydroxylation is 1. The summed E-state index contributed by atoms with van der Waals surface area (Å²) in [6.07, 6.45) is 0. The summed E-state index contributed by atoms with van der Waals surface area (Å²) in [5, 5.41) is 30.3. The van der Waals surface area contributed by atoms with Gasteiger partial charge in [-0.25, -0.2) is 0 Å². The first-order chi connectivity index (χ1) is 12.9. The van der Waals surface area contributed by atoms with Crippen molar-refractivity contribution in [1.29, 1.82) is 0 Å². The normalized spacial score (nSPS) is 11.2. The van der Waals surface area contributed by atoms with E-state index in [0.717, 1.165) is 16.9 Å². The maximum atomic E-state index is 11.9. The van der Waals surface area contributed by atoms with Gasteiger partial charge in [-0.2, -0.15) is 0 Å². The second kappa shape index (κ2) is 5.95. The minimum atomic E-state index is -0.564. The number of methoxy groups -OCH3 is 1. The fourth-order valence-electron chi connectivity index (χ4n) is 3.28. The molecule has 136 valence electrons. The molecule has 0 fully saturated rings. The average molecular weight is 364 g/mol. The second-order valence-electron chi connectivity index (χ2n) is 6.31. The Hall–Kier alpha value is -3.67. The van der Waals surface area contributed by atoms with Gasteiger partial charge in [-0.3, -0.25) is 4.79 Å². The molecule has 0 amide bonds. The van der Waals surface area contributed by atoms with E-state index >= 15 is 0 Å². The summed E-state index contributed by atoms with van der Waals surface area (Å²) in [6, 6.07) is 10.8. The minimum Gasteiger partial charge on any atom is -0.504 e. The highest BCUT2D eigenvalue weighted by atomic mass is 16.5. The highest BCUT2D eigenvalue weighted by Crippen LogP contribution is 2.44. The minimum absolute atomic E-state index is 0.263. The van der Waals surface area contributed by atoms with Crippen LogP contribution in [0.15, 0.2) is 51.7 Å². The lowest BCUT2D eigenvalue weighted by atomic mass is 9.92. The molecule has 1 aliphatic carbocycles. The van der Waals surface area contributed by atoms with Crippen LogP contribution in [-0.4, -0.2) is 22.4 Å². The third kappa shape index (κ3) is 2.62. The topological polar surface area (TPSA) is 100 Å². The van der Waals surface area contributed by atoms with E-state index in [9.17, 15) is 20.1 Å². The number of aromatic hydroxyl groups is 3. The van der Waals surface area contributed by atoms with Crippen molar-refractivity contribution in [3.8, 4) is 45.4 Å². The third-order valence-electron chi connectivity index (χ3n) is 4.58. The van der Waals surface area contributed by atoms with E-state index in [4.69, 9.17) is 9.15 Å². The quantitative estimate of drug-likeness (QED) is 0.367. The fraction of sp³-hybridized carbons (Fsp3) is 0.0952. The van der Waals surface area contributed by atoms with E-state index in [1.807, 2.05) is 25.1 Å². The van der Waals surface area contributed by atoms with Crippen molar-refractivity contribution in [2.24, 2.45) is 0 Å². The van der Waals surface area contributed by atoms with Crippen LogP contribution in [0.25, 0.3) is 33.4 Å². The Labute approximate surface area is 153 Å². The number of hydrogen-bond acceptors (Lipinski definition) is 6. The lowest BCUT2D eigenvalue weighted by Gasteiger charge is -2.17. The Morgan fingerprint density at radius 3 is 2.37 bits per heavy atom. The SMILES string of the molecule is COc1ccc(-c2c3cc(O)c(=O)cc-3oc3cc(O)c(O)cc23)cc1C. The van der Waals surface area contributed by atoms with Gasteiger partial charge < -0.3 is 24.5 Å². The zero-order valence-electron chi connectivity index (χ0n) is 14.6. The molecule has 1 heterocycles. The van der Waals surface area contributed by atoms with E-state index in [0.29, 0.717) is 22.1 Å². The van der Waals surface area contributed by atoms with Crippen LogP contribution in [0, 0.1) is 6.92 Å². The zero-order chi connectivity index (χ0) is 19.3. The highest BCUT2D eigenvalue weighted by Gasteiger charge is 2.21. The molecule has 2 aromatic rings. The molecule has 6 heteroatoms. The number of phenols is 3. The first kappa shape index (κ1) is 16.8. The standard InChI is InChI=1S/C21H16O6/c1-10-5-11(3-4-18(10)26-2)21-12-6-14(22)16(24)8-19(12)27-20-9-17(25)15(23)7-13(20)21/h3-9,22-24H,1-2H3. The van der Waals surface area contributed by atoms with E-state index in [1.54, 1.807) is 7.11 Å². The van der Waals surface area contributed by atoms with Gasteiger partial charge in [0.15, 0.2) is 17.2 Å². The van der Waals surface area contributed by atoms with Gasteiger partial charge in [0.2, 0.25) is 5.43 Å². The molecule has 0 aromatic heterocycles. The van der Waals surface area contributed by atoms with Crippen molar-refractivity contribution in [3.05, 3.63) is 58.3 Å². The number of fused-ring (bicyclic) bond motifs is 2. The molecule has 6 nitrogen and oxygen atoms in total. The van der Waals surface area contributed by atoms with Crippen molar-refractivity contribution in [3.63, 3.8) is 0 Å². The summed E-state index contributed by atoms with van der Waals surface area (Å²) in [4.78, 5) is 11.9. The van der Waals surface area contributed by atoms with Crippen LogP contribution in [0.5, 0.6) is 23.0 Å². The smallest absolute Gasteiger partial charge is 0.223 e. The molecule has 2 aliphatic rings. The van der Waals surface area contributed by atoms with Crippen LogP contribution in [-0.2, 0) is 0 Å². The summed E-state index contributed by atoms with van der Waals surface area (Å²) in [5.41, 5.74) is 2.57. The molecular formula is C21H16O6. The van der Waals surface area contributed by atoms with Gasteiger partial charge in [0.05, 0.1) is 7.11 Å². The molecule has 3 N–H and O–H groups in total. The van der Waals surface area contributed by atoms with Gasteiger partial charge in [0.1, 0.15) is 17.1 Å². The molecular weight excluding hydrogens is 348 g/mol. The lowest BCUT2D eigenvalue weighted by Crippen LogP contribution is -2.01. The molecule has 4 rings (SSSR count). The Kier molecular flexibility index (Phi) is 3.70. The average Bonchev–Trinajstić information content (AvgIpc) is 2.63. The summed E-state index contributed by atoms with van der Waals surface area (Å²) in [5.74, 6) is -0.0413. The van der Waals surface area contributed by atoms with E-state index < -0.39 is 11.2 Å². The fourth-order valence-corrected chi connectivity index (χ4v) is 3.28. The number of ether oxygens (including phenoxy) is 1. The molecule has 0 bridgehead atoms. The third-order valence-corrected chi connectivity index (χ3v) is 4.58. The number of phenolic OH excluding ortho intramolecular Hbond substituents is 3. The van der Waals surface area contributed by atoms with Crippen LogP contribution in [0.4, 0.5) is 0 Å². The van der Waals surface area contributed by atoms with Crippen molar-refractivity contribution in [2.45, 2.75) is 6.92 Å². The van der Waals surface area contributed by atoms with Gasteiger partial charge in [-0.05, 0) is 42.3 Å². The van der Waals surface area contributed by atoms with Crippen LogP contribution in [0.2, 0.25) is 0 Å². The molecule has 0 radical (unpaired) electrons. The maximum Gasteiger partial charge on any atom is 0.223 e. The largest absolute Gasteiger partial charge is 0.504 e. The molecule has 0 unspecified atom stereocenters. The summed E-state index contributed by atoms with van der Waals surface area (Å²) in [6.45, 7) is 1.90. The van der Waals surface area contributed by atoms with Crippen LogP contribution in [0.3, 0.4) is 0 Å². The van der Waals surface area contributed by atoms with Crippen LogP contribution >= 0.6 is 0 Å². The number of benzene rings is 3. The molecule has 0 atom stereocenters. The first-order valence-corrected chi connectivity index (χ1v) is 8.19. The Bertz CT molecular complexity index is 1220. The van der Waals surface area contributed by atoms with Crippen molar-refractivity contribution < 1.29 is 24.5 Å². The molecule has 0 saturated carbocycles. The zero-order valence-corrected chi connectivity index (χ0v) is 14.6. The molecule has 27 heavy (non-hydrogen) atoms. The summed E-state index contributed by atoms with van der Waals surface area (Å²) < 4.78 is 11.1. The lowest BCUT2D eigenvalue weighted by molar-refractivity contribution is 0.404. The second-order valence-corrected chi connectivity index (χ2v) is 6.31. The van der Waals surface area contributed by atoms with Crippen LogP contribution < -0.4 is 10.2 Å². The van der Waals surface area contributed by atoms with Gasteiger partial charge >= 0.3 is 0 Å². The summed E-state index contributed by atoms with van der Waals surface area (Å²) in [7, 11) is 1.59. The summed E-state index contributed by atoms with van der Waals surface area (Å²) >= 11 is 0. The highest BCUT2D eigenvalue weighted by molar-refractivity contribution is 6.03.